The smallest absolute Gasteiger partial charge is 0.396 e. The average molecular weight is 226 g/mol. The summed E-state index contributed by atoms with van der Waals surface area (Å²) in [4.78, 5) is 0. The number of halogens is 3. The molecule has 0 radical (unpaired) electrons. The predicted molar refractivity (Wildman–Crippen MR) is 58.8 cm³/mol. The summed E-state index contributed by atoms with van der Waals surface area (Å²) in [7, 11) is -3.67. The van der Waals surface area contributed by atoms with Crippen molar-refractivity contribution < 1.29 is 18.1 Å². The summed E-state index contributed by atoms with van der Waals surface area (Å²) in [5.41, 5.74) is 0. The Kier molecular flexibility index (Phi) is 18.7. The van der Waals surface area contributed by atoms with E-state index in [1.165, 1.54) is 44.9 Å². The van der Waals surface area contributed by atoms with Crippen molar-refractivity contribution in [3.8, 4) is 0 Å². The molecule has 0 amide bonds. The first-order valence-corrected chi connectivity index (χ1v) is 5.68. The molecule has 0 atom stereocenters. The van der Waals surface area contributed by atoms with Crippen LogP contribution in [0.3, 0.4) is 0 Å². The molecule has 0 saturated heterocycles. The Labute approximate surface area is 91.3 Å². The summed E-state index contributed by atoms with van der Waals surface area (Å²) in [6.07, 6.45) is 10.4. The number of hydrogen-bond acceptors (Lipinski definition) is 1. The second kappa shape index (κ2) is 16.3. The summed E-state index contributed by atoms with van der Waals surface area (Å²) in [5.74, 6) is 0. The van der Waals surface area contributed by atoms with Gasteiger partial charge in [0, 0.05) is 6.61 Å². The van der Waals surface area contributed by atoms with E-state index in [1.54, 1.807) is 0 Å². The van der Waals surface area contributed by atoms with Crippen molar-refractivity contribution in [1.29, 1.82) is 0 Å². The van der Waals surface area contributed by atoms with Gasteiger partial charge in [-0.3, -0.25) is 12.9 Å². The maximum Gasteiger partial charge on any atom is 0.762 e. The number of unbranched alkanes of at least 4 members (excludes halogenated alkanes) is 7. The van der Waals surface area contributed by atoms with Gasteiger partial charge in [-0.1, -0.05) is 51.9 Å². The summed E-state index contributed by atoms with van der Waals surface area (Å²) in [5, 5.41) is 8.51. The molecule has 1 N–H and O–H groups in total. The van der Waals surface area contributed by atoms with Crippen molar-refractivity contribution in [3.63, 3.8) is 0 Å². The highest BCUT2D eigenvalue weighted by Crippen LogP contribution is 2.07. The zero-order valence-corrected chi connectivity index (χ0v) is 9.52. The van der Waals surface area contributed by atoms with E-state index in [0.29, 0.717) is 6.61 Å². The van der Waals surface area contributed by atoms with Crippen LogP contribution in [0.25, 0.3) is 0 Å². The fourth-order valence-electron chi connectivity index (χ4n) is 1.25. The van der Waals surface area contributed by atoms with Crippen molar-refractivity contribution in [2.45, 2.75) is 58.3 Å². The van der Waals surface area contributed by atoms with Gasteiger partial charge in [-0.25, -0.2) is 0 Å². The summed E-state index contributed by atoms with van der Waals surface area (Å²) in [6.45, 7) is 2.61. The molecule has 0 spiro atoms. The SMILES string of the molecule is CCCCCCCCCCO.FB(F)F. The Bertz CT molecular complexity index is 93.9. The molecule has 0 heterocycles. The Morgan fingerprint density at radius 1 is 0.800 bits per heavy atom. The van der Waals surface area contributed by atoms with E-state index >= 15 is 0 Å². The van der Waals surface area contributed by atoms with Crippen molar-refractivity contribution in [2.75, 3.05) is 6.61 Å². The van der Waals surface area contributed by atoms with Crippen molar-refractivity contribution in [2.24, 2.45) is 0 Å². The van der Waals surface area contributed by atoms with Gasteiger partial charge in [0.05, 0.1) is 0 Å². The highest BCUT2D eigenvalue weighted by Gasteiger charge is 2.06. The lowest BCUT2D eigenvalue weighted by molar-refractivity contribution is 0.282. The van der Waals surface area contributed by atoms with Crippen LogP contribution in [0.1, 0.15) is 58.3 Å². The van der Waals surface area contributed by atoms with E-state index in [-0.39, 0.29) is 0 Å². The average Bonchev–Trinajstić information content (AvgIpc) is 2.16. The molecule has 0 aliphatic carbocycles. The molecule has 5 heteroatoms. The molecule has 0 aromatic carbocycles. The van der Waals surface area contributed by atoms with E-state index in [0.717, 1.165) is 6.42 Å². The minimum atomic E-state index is -3.67. The van der Waals surface area contributed by atoms with Crippen LogP contribution in [-0.2, 0) is 0 Å². The zero-order valence-electron chi connectivity index (χ0n) is 9.52. The second-order valence-corrected chi connectivity index (χ2v) is 3.45. The van der Waals surface area contributed by atoms with Gasteiger partial charge in [0.15, 0.2) is 0 Å². The maximum atomic E-state index is 9.67. The van der Waals surface area contributed by atoms with Crippen molar-refractivity contribution >= 4 is 7.54 Å². The van der Waals surface area contributed by atoms with Crippen LogP contribution in [0, 0.1) is 0 Å². The van der Waals surface area contributed by atoms with E-state index in [1.807, 2.05) is 0 Å². The lowest BCUT2D eigenvalue weighted by Crippen LogP contribution is -1.83. The lowest BCUT2D eigenvalue weighted by atomic mass is 10.1. The highest BCUT2D eigenvalue weighted by atomic mass is 19.4. The minimum absolute atomic E-state index is 0.370. The summed E-state index contributed by atoms with van der Waals surface area (Å²) >= 11 is 0. The second-order valence-electron chi connectivity index (χ2n) is 3.45. The summed E-state index contributed by atoms with van der Waals surface area (Å²) < 4.78 is 29.0. The molecule has 0 aliphatic rings. The van der Waals surface area contributed by atoms with Gasteiger partial charge < -0.3 is 5.11 Å². The maximum absolute atomic E-state index is 9.67. The molecule has 0 aliphatic heterocycles. The number of aliphatic hydroxyl groups excluding tert-OH is 1. The third-order valence-electron chi connectivity index (χ3n) is 2.01. The van der Waals surface area contributed by atoms with Crippen molar-refractivity contribution in [1.82, 2.24) is 0 Å². The molecule has 92 valence electrons. The molecule has 0 aromatic rings. The van der Waals surface area contributed by atoms with E-state index in [2.05, 4.69) is 6.92 Å². The molecule has 1 nitrogen and oxygen atoms in total. The molecule has 0 unspecified atom stereocenters. The molecule has 15 heavy (non-hydrogen) atoms. The van der Waals surface area contributed by atoms with Gasteiger partial charge in [-0.2, -0.15) is 0 Å². The standard InChI is InChI=1S/C10H22O.BF3/c1-2-3-4-5-6-7-8-9-10-11;2-1(3)4/h11H,2-10H2,1H3;. The van der Waals surface area contributed by atoms with Crippen LogP contribution >= 0.6 is 0 Å². The van der Waals surface area contributed by atoms with E-state index < -0.39 is 7.54 Å². The van der Waals surface area contributed by atoms with Gasteiger partial charge in [-0.05, 0) is 6.42 Å². The van der Waals surface area contributed by atoms with Crippen LogP contribution in [0.15, 0.2) is 0 Å². The van der Waals surface area contributed by atoms with Crippen LogP contribution < -0.4 is 0 Å². The third-order valence-corrected chi connectivity index (χ3v) is 2.01. The molecule has 0 fully saturated rings. The Morgan fingerprint density at radius 2 is 1.13 bits per heavy atom. The molecule has 0 saturated carbocycles. The van der Waals surface area contributed by atoms with E-state index in [9.17, 15) is 12.9 Å². The van der Waals surface area contributed by atoms with Gasteiger partial charge in [0.1, 0.15) is 0 Å². The molecular weight excluding hydrogens is 204 g/mol. The van der Waals surface area contributed by atoms with Gasteiger partial charge >= 0.3 is 7.54 Å². The largest absolute Gasteiger partial charge is 0.762 e. The lowest BCUT2D eigenvalue weighted by Gasteiger charge is -1.98. The van der Waals surface area contributed by atoms with Crippen LogP contribution in [0.5, 0.6) is 0 Å². The zero-order chi connectivity index (χ0) is 11.9. The molecular formula is C10H22BF3O. The first-order chi connectivity index (χ1) is 7.15. The topological polar surface area (TPSA) is 20.2 Å². The van der Waals surface area contributed by atoms with E-state index in [4.69, 9.17) is 5.11 Å². The minimum Gasteiger partial charge on any atom is -0.396 e. The molecule has 0 rings (SSSR count). The monoisotopic (exact) mass is 226 g/mol. The Morgan fingerprint density at radius 3 is 1.47 bits per heavy atom. The fraction of sp³-hybridized carbons (Fsp3) is 1.00. The number of aliphatic hydroxyl groups is 1. The first-order valence-electron chi connectivity index (χ1n) is 5.68. The Balaban J connectivity index is 0. The van der Waals surface area contributed by atoms with Crippen molar-refractivity contribution in [3.05, 3.63) is 0 Å². The third kappa shape index (κ3) is 31.6. The van der Waals surface area contributed by atoms with Crippen LogP contribution in [0.2, 0.25) is 0 Å². The van der Waals surface area contributed by atoms with Crippen LogP contribution in [-0.4, -0.2) is 19.3 Å². The fourth-order valence-corrected chi connectivity index (χ4v) is 1.25. The Hall–Kier alpha value is -0.185. The quantitative estimate of drug-likeness (QED) is 0.489. The molecule has 0 bridgehead atoms. The highest BCUT2D eigenvalue weighted by molar-refractivity contribution is 6.33. The first kappa shape index (κ1) is 17.2. The number of rotatable bonds is 8. The van der Waals surface area contributed by atoms with Gasteiger partial charge in [0.2, 0.25) is 0 Å². The number of hydrogen-bond donors (Lipinski definition) is 1. The van der Waals surface area contributed by atoms with Gasteiger partial charge in [0.25, 0.3) is 0 Å². The van der Waals surface area contributed by atoms with Crippen LogP contribution in [0.4, 0.5) is 12.9 Å². The normalized spacial score (nSPS) is 9.40. The predicted octanol–water partition coefficient (Wildman–Crippen LogP) is 4.00. The molecule has 0 aromatic heterocycles. The summed E-state index contributed by atoms with van der Waals surface area (Å²) in [6, 6.07) is 0. The van der Waals surface area contributed by atoms with Gasteiger partial charge in [-0.15, -0.1) is 0 Å².